The molecule has 13 N–H and O–H groups in total. The second-order valence-electron chi connectivity index (χ2n) is 18.1. The number of aromatic amines is 1. The average Bonchev–Trinajstić information content (AvgIpc) is 4.15. The molecule has 0 radical (unpaired) electrons. The van der Waals surface area contributed by atoms with Gasteiger partial charge in [-0.25, -0.2) is 9.78 Å². The van der Waals surface area contributed by atoms with Gasteiger partial charge in [-0.3, -0.25) is 38.6 Å². The lowest BCUT2D eigenvalue weighted by Gasteiger charge is -2.32. The number of aromatic nitrogens is 2. The predicted molar refractivity (Wildman–Crippen MR) is 260 cm³/mol. The van der Waals surface area contributed by atoms with Gasteiger partial charge in [0.25, 0.3) is 0 Å². The monoisotopic (exact) mass is 986 g/mol. The van der Waals surface area contributed by atoms with Gasteiger partial charge in [0, 0.05) is 50.8 Å². The summed E-state index contributed by atoms with van der Waals surface area (Å²) in [7, 11) is 1.57. The third-order valence-electron chi connectivity index (χ3n) is 12.3. The van der Waals surface area contributed by atoms with Crippen LogP contribution in [0.2, 0.25) is 0 Å². The molecule has 2 aliphatic heterocycles. The highest BCUT2D eigenvalue weighted by atomic mass is 16.4. The van der Waals surface area contributed by atoms with Crippen molar-refractivity contribution in [1.82, 2.24) is 51.7 Å². The molecule has 0 spiro atoms. The molecule has 7 amide bonds. The number of hydrogen-bond acceptors (Lipinski definition) is 12. The molecule has 71 heavy (non-hydrogen) atoms. The molecule has 384 valence electrons. The van der Waals surface area contributed by atoms with Crippen molar-refractivity contribution in [1.29, 1.82) is 0 Å². The number of carboxylic acid groups (broad SMARTS) is 1. The van der Waals surface area contributed by atoms with E-state index in [1.807, 2.05) is 0 Å². The van der Waals surface area contributed by atoms with Gasteiger partial charge in [-0.05, 0) is 74.8 Å². The third kappa shape index (κ3) is 16.0. The van der Waals surface area contributed by atoms with Crippen LogP contribution >= 0.6 is 0 Å². The first-order valence-corrected chi connectivity index (χ1v) is 23.8. The van der Waals surface area contributed by atoms with E-state index in [9.17, 15) is 48.6 Å². The van der Waals surface area contributed by atoms with Crippen LogP contribution in [0.1, 0.15) is 69.2 Å². The second kappa shape index (κ2) is 26.4. The Labute approximate surface area is 411 Å². The largest absolute Gasteiger partial charge is 0.508 e. The number of phenolic OH excluding ortho intramolecular Hbond substituents is 1. The Hall–Kier alpha value is -7.56. The summed E-state index contributed by atoms with van der Waals surface area (Å²) in [5.41, 5.74) is 12.7. The minimum atomic E-state index is -1.29. The number of carbonyl (C=O) groups is 8. The molecule has 5 rings (SSSR count). The normalized spacial score (nSPS) is 17.5. The van der Waals surface area contributed by atoms with Crippen LogP contribution in [0.25, 0.3) is 0 Å². The van der Waals surface area contributed by atoms with Crippen LogP contribution < -0.4 is 43.4 Å². The van der Waals surface area contributed by atoms with Gasteiger partial charge in [-0.2, -0.15) is 0 Å². The zero-order chi connectivity index (χ0) is 51.6. The van der Waals surface area contributed by atoms with E-state index in [0.717, 1.165) is 0 Å². The summed E-state index contributed by atoms with van der Waals surface area (Å²) in [5.74, 6) is -6.25. The molecule has 7 atom stereocenters. The van der Waals surface area contributed by atoms with Crippen LogP contribution in [-0.2, 0) is 57.6 Å². The van der Waals surface area contributed by atoms with Crippen molar-refractivity contribution in [3.8, 4) is 5.75 Å². The molecule has 2 aliphatic rings. The number of rotatable bonds is 25. The summed E-state index contributed by atoms with van der Waals surface area (Å²) in [5, 5.41) is 36.4. The number of H-pyrrole nitrogens is 1. The van der Waals surface area contributed by atoms with Gasteiger partial charge in [0.1, 0.15) is 48.0 Å². The minimum absolute atomic E-state index is 0.0223. The molecule has 23 heteroatoms. The number of carbonyl (C=O) groups excluding carboxylic acids is 7. The van der Waals surface area contributed by atoms with Crippen LogP contribution in [-0.4, -0.2) is 159 Å². The van der Waals surface area contributed by atoms with Crippen LogP contribution in [0.15, 0.2) is 72.1 Å². The Morgan fingerprint density at radius 2 is 1.32 bits per heavy atom. The number of nitrogens with zero attached hydrogens (tertiary/aromatic N) is 4. The molecule has 3 heterocycles. The molecule has 3 aromatic rings. The van der Waals surface area contributed by atoms with Crippen molar-refractivity contribution in [2.24, 2.45) is 22.4 Å². The van der Waals surface area contributed by atoms with Crippen LogP contribution in [0, 0.1) is 5.92 Å². The Morgan fingerprint density at radius 3 is 1.87 bits per heavy atom. The lowest BCUT2D eigenvalue weighted by molar-refractivity contribution is -0.145. The highest BCUT2D eigenvalue weighted by Gasteiger charge is 2.43. The van der Waals surface area contributed by atoms with Gasteiger partial charge in [0.15, 0.2) is 5.96 Å². The number of aliphatic imine (C=N–C) groups is 1. The molecule has 0 saturated carbocycles. The molecule has 2 fully saturated rings. The first kappa shape index (κ1) is 54.4. The van der Waals surface area contributed by atoms with E-state index in [-0.39, 0.29) is 76.4 Å². The third-order valence-corrected chi connectivity index (χ3v) is 12.3. The molecule has 0 bridgehead atoms. The fourth-order valence-corrected chi connectivity index (χ4v) is 8.70. The first-order valence-electron chi connectivity index (χ1n) is 23.8. The number of amides is 7. The Bertz CT molecular complexity index is 2330. The van der Waals surface area contributed by atoms with Crippen molar-refractivity contribution < 1.29 is 48.6 Å². The quantitative estimate of drug-likeness (QED) is 0.0263. The number of imidazole rings is 1. The fraction of sp³-hybridized carbons (Fsp3) is 0.500. The van der Waals surface area contributed by atoms with Gasteiger partial charge < -0.3 is 68.4 Å². The molecule has 2 saturated heterocycles. The molecule has 0 unspecified atom stereocenters. The molecular weight excluding hydrogens is 919 g/mol. The summed E-state index contributed by atoms with van der Waals surface area (Å²) in [6, 6.07) is 6.69. The van der Waals surface area contributed by atoms with Crippen LogP contribution in [0.3, 0.4) is 0 Å². The number of aliphatic carboxylic acids is 1. The summed E-state index contributed by atoms with van der Waals surface area (Å²) in [6.45, 7) is 3.80. The first-order chi connectivity index (χ1) is 33.9. The van der Waals surface area contributed by atoms with Gasteiger partial charge in [0.05, 0.1) is 12.9 Å². The van der Waals surface area contributed by atoms with Crippen molar-refractivity contribution in [3.63, 3.8) is 0 Å². The van der Waals surface area contributed by atoms with Crippen molar-refractivity contribution in [2.45, 2.75) is 114 Å². The standard InChI is InChI=1S/C48H67N13O10/c1-28(2)40(59-41(64)33(55-39(63)26-51-3)12-7-19-53-48(49)50)44(67)57-34(22-30-15-17-32(62)18-16-30)45(68)60-20-8-13-37(60)42(65)56-35(24-31-25-52-27-54-31)46(69)61-21-9-14-38(61)43(66)58-36(47(70)71)23-29-10-5-4-6-11-29/h4-6,10-11,15-18,25,27-28,33-38,40,51,62H,7-9,12-14,19-24,26H2,1-3H3,(H,52,54)(H,55,63)(H,56,65)(H,57,67)(H,58,66)(H,59,64)(H,70,71)(H4,49,50,53)/t33-,34+,35-,36-,37+,38+,40-/m0/s1. The summed E-state index contributed by atoms with van der Waals surface area (Å²) in [4.78, 5) is 124. The Morgan fingerprint density at radius 1 is 0.746 bits per heavy atom. The second-order valence-corrected chi connectivity index (χ2v) is 18.1. The highest BCUT2D eigenvalue weighted by Crippen LogP contribution is 2.24. The van der Waals surface area contributed by atoms with Crippen molar-refractivity contribution >= 4 is 53.3 Å². The number of aromatic hydroxyl groups is 1. The number of nitrogens with one attached hydrogen (secondary N) is 7. The Kier molecular flexibility index (Phi) is 20.2. The van der Waals surface area contributed by atoms with Crippen molar-refractivity contribution in [3.05, 3.63) is 83.9 Å². The van der Waals surface area contributed by atoms with E-state index in [0.29, 0.717) is 36.1 Å². The van der Waals surface area contributed by atoms with Gasteiger partial charge in [0.2, 0.25) is 41.4 Å². The maximum Gasteiger partial charge on any atom is 0.326 e. The zero-order valence-corrected chi connectivity index (χ0v) is 40.3. The molecule has 23 nitrogen and oxygen atoms in total. The van der Waals surface area contributed by atoms with E-state index in [4.69, 9.17) is 11.5 Å². The predicted octanol–water partition coefficient (Wildman–Crippen LogP) is -1.44. The number of hydrogen-bond donors (Lipinski definition) is 11. The van der Waals surface area contributed by atoms with Crippen LogP contribution in [0.4, 0.5) is 0 Å². The van der Waals surface area contributed by atoms with Gasteiger partial charge >= 0.3 is 5.97 Å². The summed E-state index contributed by atoms with van der Waals surface area (Å²) < 4.78 is 0. The van der Waals surface area contributed by atoms with E-state index in [2.05, 4.69) is 46.9 Å². The molecule has 2 aromatic carbocycles. The minimum Gasteiger partial charge on any atom is -0.508 e. The summed E-state index contributed by atoms with van der Waals surface area (Å²) >= 11 is 0. The van der Waals surface area contributed by atoms with Crippen LogP contribution in [0.5, 0.6) is 5.75 Å². The maximum atomic E-state index is 14.8. The number of likely N-dealkylation sites (tertiary alicyclic amines) is 2. The van der Waals surface area contributed by atoms with Gasteiger partial charge in [-0.1, -0.05) is 56.3 Å². The fourth-order valence-electron chi connectivity index (χ4n) is 8.70. The van der Waals surface area contributed by atoms with Gasteiger partial charge in [-0.15, -0.1) is 0 Å². The number of benzene rings is 2. The topological polar surface area (TPSA) is 349 Å². The number of phenols is 1. The molecular formula is C48H67N13O10. The number of nitrogens with two attached hydrogens (primary N) is 2. The van der Waals surface area contributed by atoms with E-state index >= 15 is 0 Å². The molecule has 1 aromatic heterocycles. The maximum absolute atomic E-state index is 14.8. The smallest absolute Gasteiger partial charge is 0.326 e. The van der Waals surface area contributed by atoms with Crippen molar-refractivity contribution in [2.75, 3.05) is 33.2 Å². The Balaban J connectivity index is 1.34. The summed E-state index contributed by atoms with van der Waals surface area (Å²) in [6.07, 6.45) is 4.57. The number of carboxylic acids is 1. The SMILES string of the molecule is CNCC(=O)N[C@@H](CCCN=C(N)N)C(=O)N[C@H](C(=O)N[C@H](Cc1ccc(O)cc1)C(=O)N1CCC[C@@H]1C(=O)N[C@@H](Cc1cnc[nH]1)C(=O)N1CCC[C@@H]1C(=O)N[C@@H](Cc1ccccc1)C(=O)O)C(C)C. The van der Waals surface area contributed by atoms with E-state index < -0.39 is 95.5 Å². The molecule has 0 aliphatic carbocycles. The highest BCUT2D eigenvalue weighted by molar-refractivity contribution is 5.98. The average molecular weight is 986 g/mol. The number of likely N-dealkylation sites (N-methyl/N-ethyl adjacent to an activating group) is 1. The van der Waals surface area contributed by atoms with E-state index in [1.54, 1.807) is 63.4 Å². The lowest BCUT2D eigenvalue weighted by atomic mass is 9.99. The number of guanidine groups is 1. The van der Waals surface area contributed by atoms with E-state index in [1.165, 1.54) is 34.5 Å². The lowest BCUT2D eigenvalue weighted by Crippen LogP contribution is -2.61. The zero-order valence-electron chi connectivity index (χ0n) is 40.3.